The fraction of sp³-hybridized carbons (Fsp3) is 0.333. The monoisotopic (exact) mass is 300 g/mol. The topological polar surface area (TPSA) is 110 Å². The van der Waals surface area contributed by atoms with Crippen LogP contribution in [-0.4, -0.2) is 27.9 Å². The highest BCUT2D eigenvalue weighted by molar-refractivity contribution is 6.31. The van der Waals surface area contributed by atoms with Gasteiger partial charge in [-0.25, -0.2) is 0 Å². The van der Waals surface area contributed by atoms with Crippen molar-refractivity contribution in [3.63, 3.8) is 0 Å². The lowest BCUT2D eigenvalue weighted by Crippen LogP contribution is -2.40. The zero-order chi connectivity index (χ0) is 15.4. The Balaban J connectivity index is 2.93. The molecule has 0 aliphatic heterocycles. The third-order valence-electron chi connectivity index (χ3n) is 2.85. The molecule has 0 aliphatic rings. The molecule has 1 rings (SSSR count). The number of carboxylic acids is 1. The second-order valence-corrected chi connectivity index (χ2v) is 4.78. The smallest absolute Gasteiger partial charge is 0.308 e. The molecule has 0 spiro atoms. The van der Waals surface area contributed by atoms with Crippen LogP contribution in [0, 0.1) is 16.0 Å². The Morgan fingerprint density at radius 3 is 2.45 bits per heavy atom. The zero-order valence-corrected chi connectivity index (χ0v) is 11.5. The van der Waals surface area contributed by atoms with Gasteiger partial charge >= 0.3 is 5.97 Å². The van der Waals surface area contributed by atoms with Crippen molar-refractivity contribution in [3.8, 4) is 0 Å². The number of nitro benzene ring substituents is 1. The Hall–Kier alpha value is -2.15. The molecule has 0 heterocycles. The van der Waals surface area contributed by atoms with Crippen LogP contribution in [0.4, 0.5) is 5.69 Å². The van der Waals surface area contributed by atoms with Crippen LogP contribution in [0.3, 0.4) is 0 Å². The second kappa shape index (κ2) is 6.33. The summed E-state index contributed by atoms with van der Waals surface area (Å²) in [6.07, 6.45) is 0. The van der Waals surface area contributed by atoms with Gasteiger partial charge in [0, 0.05) is 28.8 Å². The van der Waals surface area contributed by atoms with Crippen LogP contribution < -0.4 is 5.32 Å². The molecule has 0 saturated heterocycles. The number of amides is 1. The molecule has 8 heteroatoms. The maximum atomic E-state index is 11.9. The molecule has 1 aromatic rings. The number of aliphatic carboxylic acids is 1. The van der Waals surface area contributed by atoms with Crippen LogP contribution in [0.1, 0.15) is 24.2 Å². The van der Waals surface area contributed by atoms with E-state index in [-0.39, 0.29) is 16.3 Å². The number of hydrogen-bond donors (Lipinski definition) is 2. The average Bonchev–Trinajstić information content (AvgIpc) is 2.36. The summed E-state index contributed by atoms with van der Waals surface area (Å²) in [5.74, 6) is -2.45. The quantitative estimate of drug-likeness (QED) is 0.639. The van der Waals surface area contributed by atoms with Crippen molar-refractivity contribution in [3.05, 3.63) is 38.9 Å². The fourth-order valence-corrected chi connectivity index (χ4v) is 1.67. The van der Waals surface area contributed by atoms with E-state index in [0.29, 0.717) is 0 Å². The van der Waals surface area contributed by atoms with E-state index in [1.807, 2.05) is 0 Å². The summed E-state index contributed by atoms with van der Waals surface area (Å²) >= 11 is 5.71. The van der Waals surface area contributed by atoms with Crippen molar-refractivity contribution >= 4 is 29.2 Å². The minimum atomic E-state index is -1.05. The van der Waals surface area contributed by atoms with E-state index in [2.05, 4.69) is 5.32 Å². The first-order valence-corrected chi connectivity index (χ1v) is 6.08. The number of carbonyl (C=O) groups excluding carboxylic acids is 1. The van der Waals surface area contributed by atoms with Crippen molar-refractivity contribution in [1.82, 2.24) is 5.32 Å². The average molecular weight is 301 g/mol. The Kier molecular flexibility index (Phi) is 5.04. The van der Waals surface area contributed by atoms with Crippen LogP contribution in [-0.2, 0) is 4.79 Å². The van der Waals surface area contributed by atoms with E-state index in [4.69, 9.17) is 16.7 Å². The van der Waals surface area contributed by atoms with Crippen molar-refractivity contribution in [2.45, 2.75) is 19.9 Å². The summed E-state index contributed by atoms with van der Waals surface area (Å²) in [4.78, 5) is 32.7. The summed E-state index contributed by atoms with van der Waals surface area (Å²) < 4.78 is 0. The van der Waals surface area contributed by atoms with Gasteiger partial charge in [-0.15, -0.1) is 0 Å². The standard InChI is InChI=1S/C12H13ClN2O5/c1-6(12(17)18)7(2)14-11(16)8-3-9(13)5-10(4-8)15(19)20/h3-7H,1-2H3,(H,14,16)(H,17,18). The number of nitrogens with zero attached hydrogens (tertiary/aromatic N) is 1. The van der Waals surface area contributed by atoms with Gasteiger partial charge in [0.05, 0.1) is 10.8 Å². The molecule has 2 N–H and O–H groups in total. The Labute approximate surface area is 119 Å². The summed E-state index contributed by atoms with van der Waals surface area (Å²) in [5.41, 5.74) is -0.296. The molecule has 0 fully saturated rings. The van der Waals surface area contributed by atoms with Crippen LogP contribution in [0.15, 0.2) is 18.2 Å². The molecular formula is C12H13ClN2O5. The van der Waals surface area contributed by atoms with Gasteiger partial charge in [-0.3, -0.25) is 19.7 Å². The lowest BCUT2D eigenvalue weighted by molar-refractivity contribution is -0.384. The minimum Gasteiger partial charge on any atom is -0.481 e. The number of hydrogen-bond acceptors (Lipinski definition) is 4. The Morgan fingerprint density at radius 1 is 1.35 bits per heavy atom. The summed E-state index contributed by atoms with van der Waals surface area (Å²) in [6, 6.07) is 2.86. The highest BCUT2D eigenvalue weighted by atomic mass is 35.5. The number of benzene rings is 1. The fourth-order valence-electron chi connectivity index (χ4n) is 1.44. The van der Waals surface area contributed by atoms with Gasteiger partial charge in [-0.05, 0) is 19.9 Å². The summed E-state index contributed by atoms with van der Waals surface area (Å²) in [6.45, 7) is 2.99. The van der Waals surface area contributed by atoms with Gasteiger partial charge in [0.1, 0.15) is 0 Å². The predicted molar refractivity (Wildman–Crippen MR) is 71.8 cm³/mol. The van der Waals surface area contributed by atoms with E-state index in [1.54, 1.807) is 0 Å². The number of halogens is 1. The summed E-state index contributed by atoms with van der Waals surface area (Å²) in [7, 11) is 0. The molecule has 7 nitrogen and oxygen atoms in total. The minimum absolute atomic E-state index is 0.00800. The van der Waals surface area contributed by atoms with Gasteiger partial charge in [0.15, 0.2) is 0 Å². The molecule has 0 aromatic heterocycles. The van der Waals surface area contributed by atoms with Gasteiger partial charge in [0.25, 0.3) is 11.6 Å². The van der Waals surface area contributed by atoms with E-state index in [1.165, 1.54) is 19.9 Å². The van der Waals surface area contributed by atoms with Gasteiger partial charge in [-0.2, -0.15) is 0 Å². The van der Waals surface area contributed by atoms with E-state index in [0.717, 1.165) is 12.1 Å². The number of nitro groups is 1. The van der Waals surface area contributed by atoms with Crippen LogP contribution in [0.5, 0.6) is 0 Å². The maximum Gasteiger partial charge on any atom is 0.308 e. The number of nitrogens with one attached hydrogen (secondary N) is 1. The normalized spacial score (nSPS) is 13.3. The third-order valence-corrected chi connectivity index (χ3v) is 3.07. The van der Waals surface area contributed by atoms with Crippen molar-refractivity contribution in [1.29, 1.82) is 0 Å². The van der Waals surface area contributed by atoms with Gasteiger partial charge in [-0.1, -0.05) is 11.6 Å². The van der Waals surface area contributed by atoms with Gasteiger partial charge in [0.2, 0.25) is 0 Å². The van der Waals surface area contributed by atoms with Crippen LogP contribution in [0.25, 0.3) is 0 Å². The van der Waals surface area contributed by atoms with Crippen molar-refractivity contribution in [2.24, 2.45) is 5.92 Å². The highest BCUT2D eigenvalue weighted by Crippen LogP contribution is 2.21. The SMILES string of the molecule is CC(NC(=O)c1cc(Cl)cc([N+](=O)[O-])c1)C(C)C(=O)O. The van der Waals surface area contributed by atoms with E-state index in [9.17, 15) is 19.7 Å². The molecule has 0 radical (unpaired) electrons. The Morgan fingerprint density at radius 2 is 1.95 bits per heavy atom. The first kappa shape index (κ1) is 15.9. The highest BCUT2D eigenvalue weighted by Gasteiger charge is 2.22. The number of carbonyl (C=O) groups is 2. The molecule has 2 unspecified atom stereocenters. The molecule has 0 saturated carbocycles. The predicted octanol–water partition coefficient (Wildman–Crippen LogP) is 2.09. The van der Waals surface area contributed by atoms with Crippen LogP contribution >= 0.6 is 11.6 Å². The maximum absolute atomic E-state index is 11.9. The second-order valence-electron chi connectivity index (χ2n) is 4.34. The van der Waals surface area contributed by atoms with Crippen molar-refractivity contribution < 1.29 is 19.6 Å². The zero-order valence-electron chi connectivity index (χ0n) is 10.8. The lowest BCUT2D eigenvalue weighted by Gasteiger charge is -2.17. The number of rotatable bonds is 5. The Bertz CT molecular complexity index is 561. The third kappa shape index (κ3) is 3.92. The first-order chi connectivity index (χ1) is 9.22. The van der Waals surface area contributed by atoms with Gasteiger partial charge < -0.3 is 10.4 Å². The molecule has 20 heavy (non-hydrogen) atoms. The largest absolute Gasteiger partial charge is 0.481 e. The molecular weight excluding hydrogens is 288 g/mol. The van der Waals surface area contributed by atoms with Crippen LogP contribution in [0.2, 0.25) is 5.02 Å². The first-order valence-electron chi connectivity index (χ1n) is 5.71. The molecule has 1 amide bonds. The van der Waals surface area contributed by atoms with Crippen molar-refractivity contribution in [2.75, 3.05) is 0 Å². The van der Waals surface area contributed by atoms with E-state index >= 15 is 0 Å². The molecule has 2 atom stereocenters. The summed E-state index contributed by atoms with van der Waals surface area (Å²) in [5, 5.41) is 22.0. The molecule has 108 valence electrons. The lowest BCUT2D eigenvalue weighted by atomic mass is 10.0. The molecule has 1 aromatic carbocycles. The number of carboxylic acid groups (broad SMARTS) is 1. The number of non-ortho nitro benzene ring substituents is 1. The van der Waals surface area contributed by atoms with E-state index < -0.39 is 28.8 Å². The molecule has 0 bridgehead atoms. The molecule has 0 aliphatic carbocycles.